The van der Waals surface area contributed by atoms with E-state index in [-0.39, 0.29) is 6.17 Å². The number of rotatable bonds is 8. The first-order valence-corrected chi connectivity index (χ1v) is 10.9. The van der Waals surface area contributed by atoms with Crippen LogP contribution in [0.3, 0.4) is 0 Å². The highest BCUT2D eigenvalue weighted by molar-refractivity contribution is 6.05. The Morgan fingerprint density at radius 2 is 2.03 bits per heavy atom. The van der Waals surface area contributed by atoms with Crippen molar-refractivity contribution in [3.05, 3.63) is 54.1 Å². The van der Waals surface area contributed by atoms with E-state index in [0.29, 0.717) is 29.7 Å². The first kappa shape index (κ1) is 21.2. The molecule has 5 nitrogen and oxygen atoms in total. The van der Waals surface area contributed by atoms with E-state index in [1.165, 1.54) is 24.8 Å². The third kappa shape index (κ3) is 6.48. The van der Waals surface area contributed by atoms with Gasteiger partial charge in [-0.05, 0) is 55.6 Å². The molecule has 2 aliphatic rings. The van der Waals surface area contributed by atoms with Gasteiger partial charge in [-0.2, -0.15) is 0 Å². The molecule has 1 heterocycles. The van der Waals surface area contributed by atoms with E-state index in [4.69, 9.17) is 10.7 Å². The third-order valence-electron chi connectivity index (χ3n) is 5.84. The Hall–Kier alpha value is -2.56. The summed E-state index contributed by atoms with van der Waals surface area (Å²) < 4.78 is 0. The monoisotopic (exact) mass is 393 g/mol. The maximum absolute atomic E-state index is 6.04. The van der Waals surface area contributed by atoms with Crippen LogP contribution in [0.5, 0.6) is 0 Å². The second kappa shape index (κ2) is 10.3. The number of para-hydroxylation sites is 1. The molecule has 0 saturated carbocycles. The lowest BCUT2D eigenvalue weighted by atomic mass is 9.86. The van der Waals surface area contributed by atoms with Gasteiger partial charge in [0.25, 0.3) is 0 Å². The highest BCUT2D eigenvalue weighted by atomic mass is 15.3. The molecular formula is C24H35N5. The second-order valence-electron chi connectivity index (χ2n) is 8.40. The Balaban J connectivity index is 1.56. The molecule has 0 amide bonds. The molecule has 0 radical (unpaired) electrons. The standard InChI is InChI=1S/C24H35N5/c1-4-19(14-15-20-12-10-17(2)11-13-20)16-18(3)22-27-23(25)29-24(28-22)26-21-8-6-5-7-9-21/h5-10,12-13,17-19,22H,4,11,14-16H2,1-3H3,(H4,25,26,27,28,29). The predicted octanol–water partition coefficient (Wildman–Crippen LogP) is 5.05. The zero-order chi connectivity index (χ0) is 20.6. The van der Waals surface area contributed by atoms with Gasteiger partial charge in [-0.25, -0.2) is 9.98 Å². The minimum absolute atomic E-state index is 0.147. The maximum Gasteiger partial charge on any atom is 0.204 e. The average Bonchev–Trinajstić information content (AvgIpc) is 2.72. The molecule has 4 atom stereocenters. The molecule has 1 aliphatic heterocycles. The van der Waals surface area contributed by atoms with E-state index in [1.54, 1.807) is 0 Å². The van der Waals surface area contributed by atoms with Crippen molar-refractivity contribution >= 4 is 17.6 Å². The van der Waals surface area contributed by atoms with Crippen LogP contribution in [0.15, 0.2) is 64.1 Å². The van der Waals surface area contributed by atoms with Gasteiger partial charge < -0.3 is 11.1 Å². The Kier molecular flexibility index (Phi) is 7.50. The Bertz CT molecular complexity index is 778. The maximum atomic E-state index is 6.04. The van der Waals surface area contributed by atoms with Crippen LogP contribution in [-0.2, 0) is 0 Å². The molecule has 1 aromatic carbocycles. The van der Waals surface area contributed by atoms with Gasteiger partial charge in [0.05, 0.1) is 0 Å². The topological polar surface area (TPSA) is 74.8 Å². The third-order valence-corrected chi connectivity index (χ3v) is 5.84. The van der Waals surface area contributed by atoms with Crippen molar-refractivity contribution in [2.24, 2.45) is 33.5 Å². The molecule has 156 valence electrons. The van der Waals surface area contributed by atoms with E-state index in [2.05, 4.69) is 54.6 Å². The number of anilines is 1. The van der Waals surface area contributed by atoms with Crippen LogP contribution >= 0.6 is 0 Å². The lowest BCUT2D eigenvalue weighted by Crippen LogP contribution is -2.46. The van der Waals surface area contributed by atoms with Crippen molar-refractivity contribution < 1.29 is 0 Å². The van der Waals surface area contributed by atoms with Gasteiger partial charge in [0, 0.05) is 5.69 Å². The molecule has 0 fully saturated rings. The summed E-state index contributed by atoms with van der Waals surface area (Å²) in [5, 5.41) is 6.34. The van der Waals surface area contributed by atoms with E-state index >= 15 is 0 Å². The van der Waals surface area contributed by atoms with Crippen LogP contribution in [0.25, 0.3) is 0 Å². The molecule has 29 heavy (non-hydrogen) atoms. The number of nitrogens with two attached hydrogens (primary N) is 1. The normalized spacial score (nSPS) is 23.3. The summed E-state index contributed by atoms with van der Waals surface area (Å²) in [5.41, 5.74) is 8.51. The van der Waals surface area contributed by atoms with Gasteiger partial charge in [-0.3, -0.25) is 5.32 Å². The minimum atomic E-state index is -0.147. The largest absolute Gasteiger partial charge is 0.370 e. The van der Waals surface area contributed by atoms with Crippen LogP contribution in [0.2, 0.25) is 0 Å². The molecular weight excluding hydrogens is 358 g/mol. The molecule has 1 aromatic rings. The Labute approximate surface area is 175 Å². The van der Waals surface area contributed by atoms with Gasteiger partial charge in [0.2, 0.25) is 5.96 Å². The van der Waals surface area contributed by atoms with Crippen molar-refractivity contribution in [1.82, 2.24) is 5.32 Å². The summed E-state index contributed by atoms with van der Waals surface area (Å²) in [6.07, 6.45) is 12.7. The smallest absolute Gasteiger partial charge is 0.204 e. The van der Waals surface area contributed by atoms with Crippen molar-refractivity contribution in [2.45, 2.75) is 59.0 Å². The fourth-order valence-electron chi connectivity index (χ4n) is 3.93. The van der Waals surface area contributed by atoms with E-state index < -0.39 is 0 Å². The summed E-state index contributed by atoms with van der Waals surface area (Å²) in [4.78, 5) is 9.33. The van der Waals surface area contributed by atoms with Crippen LogP contribution in [-0.4, -0.2) is 18.1 Å². The molecule has 0 bridgehead atoms. The molecule has 4 N–H and O–H groups in total. The second-order valence-corrected chi connectivity index (χ2v) is 8.40. The molecule has 5 heteroatoms. The molecule has 0 aromatic heterocycles. The minimum Gasteiger partial charge on any atom is -0.370 e. The van der Waals surface area contributed by atoms with Crippen LogP contribution in [0, 0.1) is 17.8 Å². The predicted molar refractivity (Wildman–Crippen MR) is 124 cm³/mol. The molecule has 1 aliphatic carbocycles. The lowest BCUT2D eigenvalue weighted by Gasteiger charge is -2.27. The lowest BCUT2D eigenvalue weighted by molar-refractivity contribution is 0.325. The highest BCUT2D eigenvalue weighted by Gasteiger charge is 2.24. The number of allylic oxidation sites excluding steroid dienone is 4. The van der Waals surface area contributed by atoms with Gasteiger partial charge in [-0.1, -0.05) is 69.2 Å². The van der Waals surface area contributed by atoms with Crippen molar-refractivity contribution in [2.75, 3.05) is 5.32 Å². The van der Waals surface area contributed by atoms with Gasteiger partial charge >= 0.3 is 0 Å². The number of guanidine groups is 2. The summed E-state index contributed by atoms with van der Waals surface area (Å²) >= 11 is 0. The average molecular weight is 394 g/mol. The quantitative estimate of drug-likeness (QED) is 0.578. The van der Waals surface area contributed by atoms with Gasteiger partial charge in [-0.15, -0.1) is 0 Å². The molecule has 0 saturated heterocycles. The number of hydrogen-bond acceptors (Lipinski definition) is 5. The summed E-state index contributed by atoms with van der Waals surface area (Å²) in [7, 11) is 0. The zero-order valence-electron chi connectivity index (χ0n) is 17.9. The Morgan fingerprint density at radius 1 is 1.24 bits per heavy atom. The van der Waals surface area contributed by atoms with Crippen LogP contribution in [0.4, 0.5) is 5.69 Å². The van der Waals surface area contributed by atoms with Crippen LogP contribution < -0.4 is 16.4 Å². The molecule has 0 spiro atoms. The van der Waals surface area contributed by atoms with E-state index in [1.807, 2.05) is 30.3 Å². The molecule has 4 unspecified atom stereocenters. The first-order valence-electron chi connectivity index (χ1n) is 10.9. The number of hydrogen-bond donors (Lipinski definition) is 3. The fourth-order valence-corrected chi connectivity index (χ4v) is 3.93. The summed E-state index contributed by atoms with van der Waals surface area (Å²) in [5.74, 6) is 2.78. The van der Waals surface area contributed by atoms with Crippen molar-refractivity contribution in [3.8, 4) is 0 Å². The Morgan fingerprint density at radius 3 is 2.72 bits per heavy atom. The fraction of sp³-hybridized carbons (Fsp3) is 0.500. The van der Waals surface area contributed by atoms with Gasteiger partial charge in [0.1, 0.15) is 6.17 Å². The van der Waals surface area contributed by atoms with Crippen molar-refractivity contribution in [1.29, 1.82) is 0 Å². The first-order chi connectivity index (χ1) is 14.0. The number of nitrogens with zero attached hydrogens (tertiary/aromatic N) is 2. The van der Waals surface area contributed by atoms with Gasteiger partial charge in [0.15, 0.2) is 5.96 Å². The number of benzene rings is 1. The summed E-state index contributed by atoms with van der Waals surface area (Å²) in [6.45, 7) is 6.80. The summed E-state index contributed by atoms with van der Waals surface area (Å²) in [6, 6.07) is 9.99. The number of nitrogens with one attached hydrogen (secondary N) is 2. The van der Waals surface area contributed by atoms with Crippen LogP contribution in [0.1, 0.15) is 52.9 Å². The molecule has 3 rings (SSSR count). The van der Waals surface area contributed by atoms with E-state index in [0.717, 1.165) is 18.5 Å². The SMILES string of the molecule is CCC(CCC1=CCC(C)C=C1)CC(C)C1N=C(N)NC(Nc2ccccc2)=N1. The zero-order valence-corrected chi connectivity index (χ0v) is 17.9. The number of aliphatic imine (C=N–C) groups is 2. The highest BCUT2D eigenvalue weighted by Crippen LogP contribution is 2.28. The van der Waals surface area contributed by atoms with Crippen molar-refractivity contribution in [3.63, 3.8) is 0 Å². The van der Waals surface area contributed by atoms with E-state index in [9.17, 15) is 0 Å².